The summed E-state index contributed by atoms with van der Waals surface area (Å²) < 4.78 is 11.3. The van der Waals surface area contributed by atoms with E-state index in [1.165, 1.54) is 0 Å². The van der Waals surface area contributed by atoms with Crippen LogP contribution in [0.5, 0.6) is 17.2 Å². The summed E-state index contributed by atoms with van der Waals surface area (Å²) in [5, 5.41) is 9.15. The molecule has 2 rings (SSSR count). The third kappa shape index (κ3) is 3.75. The van der Waals surface area contributed by atoms with Crippen LogP contribution in [-0.2, 0) is 6.61 Å². The van der Waals surface area contributed by atoms with Gasteiger partial charge >= 0.3 is 0 Å². The Labute approximate surface area is 119 Å². The van der Waals surface area contributed by atoms with Gasteiger partial charge in [0.15, 0.2) is 0 Å². The minimum absolute atomic E-state index is 0.0512. The molecule has 0 saturated carbocycles. The number of hydrogen-bond donors (Lipinski definition) is 1. The Morgan fingerprint density at radius 3 is 2.20 bits per heavy atom. The number of benzene rings is 2. The topological polar surface area (TPSA) is 38.7 Å². The molecule has 0 aliphatic carbocycles. The third-order valence-corrected chi connectivity index (χ3v) is 3.02. The summed E-state index contributed by atoms with van der Waals surface area (Å²) >= 11 is 0. The summed E-state index contributed by atoms with van der Waals surface area (Å²) in [6.07, 6.45) is 0.995. The average Bonchev–Trinajstić information content (AvgIpc) is 2.47. The van der Waals surface area contributed by atoms with E-state index in [4.69, 9.17) is 14.6 Å². The molecule has 0 amide bonds. The van der Waals surface area contributed by atoms with Gasteiger partial charge in [-0.25, -0.2) is 0 Å². The van der Waals surface area contributed by atoms with E-state index in [9.17, 15) is 0 Å². The van der Waals surface area contributed by atoms with E-state index in [1.807, 2.05) is 49.4 Å². The highest BCUT2D eigenvalue weighted by atomic mass is 16.5. The predicted octanol–water partition coefficient (Wildman–Crippen LogP) is 4.07. The van der Waals surface area contributed by atoms with Gasteiger partial charge in [0.1, 0.15) is 17.2 Å². The molecule has 0 heterocycles. The van der Waals surface area contributed by atoms with Crippen LogP contribution >= 0.6 is 0 Å². The summed E-state index contributed by atoms with van der Waals surface area (Å²) in [6.45, 7) is 4.81. The summed E-state index contributed by atoms with van der Waals surface area (Å²) in [5.74, 6) is 2.39. The molecule has 0 unspecified atom stereocenters. The number of aliphatic hydroxyl groups excluding tert-OH is 1. The maximum absolute atomic E-state index is 9.15. The van der Waals surface area contributed by atoms with E-state index in [0.717, 1.165) is 41.4 Å². The van der Waals surface area contributed by atoms with Gasteiger partial charge in [0, 0.05) is 0 Å². The van der Waals surface area contributed by atoms with Crippen molar-refractivity contribution in [3.8, 4) is 17.2 Å². The first-order valence-electron chi connectivity index (χ1n) is 6.84. The van der Waals surface area contributed by atoms with E-state index >= 15 is 0 Å². The number of hydrogen-bond acceptors (Lipinski definition) is 3. The van der Waals surface area contributed by atoms with Crippen molar-refractivity contribution in [3.63, 3.8) is 0 Å². The van der Waals surface area contributed by atoms with Crippen LogP contribution in [0, 0.1) is 6.92 Å². The molecule has 106 valence electrons. The van der Waals surface area contributed by atoms with Gasteiger partial charge in [-0.15, -0.1) is 0 Å². The standard InChI is InChI=1S/C17H20O3/c1-3-10-19-15-6-8-16(9-7-15)20-17-5-4-14(12-18)13(2)11-17/h4-9,11,18H,3,10,12H2,1-2H3. The minimum atomic E-state index is 0.0512. The van der Waals surface area contributed by atoms with Gasteiger partial charge in [-0.2, -0.15) is 0 Å². The largest absolute Gasteiger partial charge is 0.494 e. The Bertz CT molecular complexity index is 547. The molecule has 0 bridgehead atoms. The van der Waals surface area contributed by atoms with Gasteiger partial charge < -0.3 is 14.6 Å². The fraction of sp³-hybridized carbons (Fsp3) is 0.294. The number of aliphatic hydroxyl groups is 1. The van der Waals surface area contributed by atoms with Crippen molar-refractivity contribution in [3.05, 3.63) is 53.6 Å². The van der Waals surface area contributed by atoms with Crippen LogP contribution in [0.15, 0.2) is 42.5 Å². The first-order chi connectivity index (χ1) is 9.72. The van der Waals surface area contributed by atoms with Gasteiger partial charge in [-0.1, -0.05) is 13.0 Å². The molecule has 0 radical (unpaired) electrons. The minimum Gasteiger partial charge on any atom is -0.494 e. The Kier molecular flexibility index (Phi) is 5.02. The van der Waals surface area contributed by atoms with Crippen LogP contribution in [0.4, 0.5) is 0 Å². The normalized spacial score (nSPS) is 10.3. The van der Waals surface area contributed by atoms with E-state index in [1.54, 1.807) is 0 Å². The van der Waals surface area contributed by atoms with Gasteiger partial charge in [-0.05, 0) is 60.9 Å². The molecule has 0 saturated heterocycles. The van der Waals surface area contributed by atoms with Crippen LogP contribution in [0.2, 0.25) is 0 Å². The maximum atomic E-state index is 9.15. The van der Waals surface area contributed by atoms with Crippen LogP contribution in [0.1, 0.15) is 24.5 Å². The Morgan fingerprint density at radius 1 is 0.950 bits per heavy atom. The van der Waals surface area contributed by atoms with E-state index < -0.39 is 0 Å². The summed E-state index contributed by atoms with van der Waals surface area (Å²) in [6, 6.07) is 13.2. The van der Waals surface area contributed by atoms with Crippen molar-refractivity contribution >= 4 is 0 Å². The fourth-order valence-corrected chi connectivity index (χ4v) is 1.87. The van der Waals surface area contributed by atoms with Gasteiger partial charge in [-0.3, -0.25) is 0 Å². The van der Waals surface area contributed by atoms with E-state index in [2.05, 4.69) is 6.92 Å². The van der Waals surface area contributed by atoms with Crippen molar-refractivity contribution in [2.75, 3.05) is 6.61 Å². The Balaban J connectivity index is 2.04. The highest BCUT2D eigenvalue weighted by Crippen LogP contribution is 2.25. The quantitative estimate of drug-likeness (QED) is 0.861. The Morgan fingerprint density at radius 2 is 1.60 bits per heavy atom. The highest BCUT2D eigenvalue weighted by Gasteiger charge is 2.02. The molecule has 3 heteroatoms. The molecule has 1 N–H and O–H groups in total. The van der Waals surface area contributed by atoms with Gasteiger partial charge in [0.2, 0.25) is 0 Å². The molecule has 0 atom stereocenters. The molecule has 0 aliphatic rings. The van der Waals surface area contributed by atoms with E-state index in [-0.39, 0.29) is 6.61 Å². The lowest BCUT2D eigenvalue weighted by atomic mass is 10.1. The number of rotatable bonds is 6. The Hall–Kier alpha value is -2.00. The molecule has 2 aromatic rings. The van der Waals surface area contributed by atoms with Crippen LogP contribution < -0.4 is 9.47 Å². The molecule has 0 aromatic heterocycles. The number of aryl methyl sites for hydroxylation is 1. The van der Waals surface area contributed by atoms with Crippen molar-refractivity contribution < 1.29 is 14.6 Å². The predicted molar refractivity (Wildman–Crippen MR) is 79.4 cm³/mol. The highest BCUT2D eigenvalue weighted by molar-refractivity contribution is 5.39. The third-order valence-electron chi connectivity index (χ3n) is 3.02. The average molecular weight is 272 g/mol. The molecular weight excluding hydrogens is 252 g/mol. The van der Waals surface area contributed by atoms with E-state index in [0.29, 0.717) is 0 Å². The van der Waals surface area contributed by atoms with Crippen molar-refractivity contribution in [1.82, 2.24) is 0 Å². The molecule has 2 aromatic carbocycles. The van der Waals surface area contributed by atoms with Crippen LogP contribution in [0.3, 0.4) is 0 Å². The lowest BCUT2D eigenvalue weighted by Gasteiger charge is -2.10. The summed E-state index contributed by atoms with van der Waals surface area (Å²) in [4.78, 5) is 0. The fourth-order valence-electron chi connectivity index (χ4n) is 1.87. The lowest BCUT2D eigenvalue weighted by Crippen LogP contribution is -1.94. The zero-order valence-corrected chi connectivity index (χ0v) is 11.9. The second-order valence-corrected chi connectivity index (χ2v) is 4.67. The van der Waals surface area contributed by atoms with Gasteiger partial charge in [0.25, 0.3) is 0 Å². The smallest absolute Gasteiger partial charge is 0.127 e. The first kappa shape index (κ1) is 14.4. The second kappa shape index (κ2) is 6.96. The zero-order chi connectivity index (χ0) is 14.4. The van der Waals surface area contributed by atoms with Gasteiger partial charge in [0.05, 0.1) is 13.2 Å². The second-order valence-electron chi connectivity index (χ2n) is 4.67. The van der Waals surface area contributed by atoms with Crippen LogP contribution in [-0.4, -0.2) is 11.7 Å². The number of ether oxygens (including phenoxy) is 2. The SMILES string of the molecule is CCCOc1ccc(Oc2ccc(CO)c(C)c2)cc1. The monoisotopic (exact) mass is 272 g/mol. The van der Waals surface area contributed by atoms with Crippen molar-refractivity contribution in [2.45, 2.75) is 26.9 Å². The van der Waals surface area contributed by atoms with Crippen molar-refractivity contribution in [1.29, 1.82) is 0 Å². The van der Waals surface area contributed by atoms with Crippen LogP contribution in [0.25, 0.3) is 0 Å². The molecule has 0 spiro atoms. The molecule has 0 fully saturated rings. The molecule has 0 aliphatic heterocycles. The molecule has 3 nitrogen and oxygen atoms in total. The molecular formula is C17H20O3. The lowest BCUT2D eigenvalue weighted by molar-refractivity contribution is 0.281. The maximum Gasteiger partial charge on any atom is 0.127 e. The first-order valence-corrected chi connectivity index (χ1v) is 6.84. The summed E-state index contributed by atoms with van der Waals surface area (Å²) in [5.41, 5.74) is 1.94. The molecule has 20 heavy (non-hydrogen) atoms. The van der Waals surface area contributed by atoms with Crippen molar-refractivity contribution in [2.24, 2.45) is 0 Å². The zero-order valence-electron chi connectivity index (χ0n) is 11.9. The summed E-state index contributed by atoms with van der Waals surface area (Å²) in [7, 11) is 0.